The zero-order valence-electron chi connectivity index (χ0n) is 23.9. The second kappa shape index (κ2) is 11.7. The van der Waals surface area contributed by atoms with Crippen molar-refractivity contribution in [3.63, 3.8) is 0 Å². The molecule has 5 rings (SSSR count). The van der Waals surface area contributed by atoms with E-state index in [1.165, 1.54) is 44.9 Å². The number of hydrogen-bond donors (Lipinski definition) is 2. The minimum Gasteiger partial charge on any atom is -0.395 e. The lowest BCUT2D eigenvalue weighted by atomic mass is 9.60. The Morgan fingerprint density at radius 3 is 2.32 bits per heavy atom. The minimum absolute atomic E-state index is 0.147. The highest BCUT2D eigenvalue weighted by Gasteiger charge is 2.54. The lowest BCUT2D eigenvalue weighted by Crippen LogP contribution is -2.71. The highest BCUT2D eigenvalue weighted by molar-refractivity contribution is 7.89. The summed E-state index contributed by atoms with van der Waals surface area (Å²) < 4.78 is 29.7. The fraction of sp³-hybridized carbons (Fsp3) is 1.00. The predicted octanol–water partition coefficient (Wildman–Crippen LogP) is 3.90. The molecule has 7 nitrogen and oxygen atoms in total. The number of aliphatic hydroxyl groups is 1. The number of nitrogens with one attached hydrogen (secondary N) is 1. The molecule has 5 fully saturated rings. The average molecular weight is 539 g/mol. The molecule has 0 aromatic heterocycles. The minimum atomic E-state index is -3.42. The van der Waals surface area contributed by atoms with Gasteiger partial charge >= 0.3 is 0 Å². The third kappa shape index (κ3) is 5.41. The third-order valence-electron chi connectivity index (χ3n) is 11.4. The van der Waals surface area contributed by atoms with E-state index in [1.54, 1.807) is 0 Å². The summed E-state index contributed by atoms with van der Waals surface area (Å²) in [4.78, 5) is 2.47. The Morgan fingerprint density at radius 2 is 1.62 bits per heavy atom. The van der Waals surface area contributed by atoms with Crippen LogP contribution < -0.4 is 5.43 Å². The summed E-state index contributed by atoms with van der Waals surface area (Å²) in [5.74, 6) is 4.51. The molecule has 2 N–H and O–H groups in total. The van der Waals surface area contributed by atoms with E-state index >= 15 is 0 Å². The van der Waals surface area contributed by atoms with Gasteiger partial charge in [-0.2, -0.15) is 4.31 Å². The van der Waals surface area contributed by atoms with Crippen molar-refractivity contribution in [2.24, 2.45) is 35.5 Å². The van der Waals surface area contributed by atoms with Gasteiger partial charge in [0.05, 0.1) is 6.61 Å². The molecule has 214 valence electrons. The Balaban J connectivity index is 1.28. The molecule has 0 bridgehead atoms. The Bertz CT molecular complexity index is 861. The first-order chi connectivity index (χ1) is 17.7. The molecule has 8 heteroatoms. The molecule has 37 heavy (non-hydrogen) atoms. The average Bonchev–Trinajstić information content (AvgIpc) is 3.37. The lowest BCUT2D eigenvalue weighted by molar-refractivity contribution is -0.123. The van der Waals surface area contributed by atoms with Crippen LogP contribution in [0.15, 0.2) is 0 Å². The van der Waals surface area contributed by atoms with Crippen molar-refractivity contribution in [1.82, 2.24) is 19.6 Å². The summed E-state index contributed by atoms with van der Waals surface area (Å²) in [6.45, 7) is 12.2. The fourth-order valence-corrected chi connectivity index (χ4v) is 11.3. The number of hydrazine groups is 1. The molecule has 0 aromatic carbocycles. The van der Waals surface area contributed by atoms with Crippen LogP contribution in [0.4, 0.5) is 0 Å². The Kier molecular flexibility index (Phi) is 8.94. The Labute approximate surface area is 226 Å². The summed E-state index contributed by atoms with van der Waals surface area (Å²) in [5.41, 5.74) is 3.31. The molecule has 2 saturated carbocycles. The SMILES string of the molecule is CC1CCCC(C2CCC([C@H]3C4CN(S(=O)(=O)C5CCNN5C(C)C)CCCCN4[C@@H]3CO)CC2)C1C. The highest BCUT2D eigenvalue weighted by atomic mass is 32.2. The van der Waals surface area contributed by atoms with Crippen molar-refractivity contribution in [3.05, 3.63) is 0 Å². The van der Waals surface area contributed by atoms with Crippen molar-refractivity contribution in [1.29, 1.82) is 0 Å². The van der Waals surface area contributed by atoms with Crippen LogP contribution in [0.25, 0.3) is 0 Å². The third-order valence-corrected chi connectivity index (χ3v) is 13.6. The van der Waals surface area contributed by atoms with Crippen LogP contribution in [0, 0.1) is 35.5 Å². The van der Waals surface area contributed by atoms with E-state index in [2.05, 4.69) is 38.0 Å². The second-order valence-corrected chi connectivity index (χ2v) is 15.6. The van der Waals surface area contributed by atoms with Crippen molar-refractivity contribution in [3.8, 4) is 0 Å². The second-order valence-electron chi connectivity index (χ2n) is 13.5. The van der Waals surface area contributed by atoms with Crippen LogP contribution in [-0.4, -0.2) is 84.0 Å². The van der Waals surface area contributed by atoms with E-state index < -0.39 is 15.4 Å². The summed E-state index contributed by atoms with van der Waals surface area (Å²) in [6.07, 6.45) is 11.9. The van der Waals surface area contributed by atoms with Crippen molar-refractivity contribution >= 4 is 10.0 Å². The van der Waals surface area contributed by atoms with Gasteiger partial charge in [0.15, 0.2) is 0 Å². The molecule has 0 radical (unpaired) electrons. The lowest BCUT2D eigenvalue weighted by Gasteiger charge is -2.60. The maximum absolute atomic E-state index is 13.9. The van der Waals surface area contributed by atoms with E-state index in [0.717, 1.165) is 49.6 Å². The van der Waals surface area contributed by atoms with Crippen LogP contribution in [0.3, 0.4) is 0 Å². The molecule has 5 unspecified atom stereocenters. The smallest absolute Gasteiger partial charge is 0.231 e. The van der Waals surface area contributed by atoms with E-state index in [0.29, 0.717) is 31.3 Å². The summed E-state index contributed by atoms with van der Waals surface area (Å²) in [6, 6.07) is 0.612. The normalized spacial score (nSPS) is 43.2. The van der Waals surface area contributed by atoms with Crippen molar-refractivity contribution < 1.29 is 13.5 Å². The summed E-state index contributed by atoms with van der Waals surface area (Å²) in [5, 5.41) is 11.9. The van der Waals surface area contributed by atoms with Gasteiger partial charge in [-0.3, -0.25) is 10.3 Å². The van der Waals surface area contributed by atoms with E-state index in [-0.39, 0.29) is 24.7 Å². The predicted molar refractivity (Wildman–Crippen MR) is 149 cm³/mol. The highest BCUT2D eigenvalue weighted by Crippen LogP contribution is 2.50. The molecular formula is C29H54N4O3S. The maximum atomic E-state index is 13.9. The first-order valence-corrected chi connectivity index (χ1v) is 17.1. The fourth-order valence-electron chi connectivity index (χ4n) is 9.15. The van der Waals surface area contributed by atoms with Gasteiger partial charge in [-0.25, -0.2) is 13.4 Å². The molecule has 7 atom stereocenters. The monoisotopic (exact) mass is 538 g/mol. The molecule has 3 saturated heterocycles. The molecule has 0 aromatic rings. The molecule has 0 spiro atoms. The molecule has 3 aliphatic heterocycles. The van der Waals surface area contributed by atoms with Gasteiger partial charge in [-0.15, -0.1) is 0 Å². The topological polar surface area (TPSA) is 76.1 Å². The molecule has 2 aliphatic carbocycles. The van der Waals surface area contributed by atoms with Crippen LogP contribution in [-0.2, 0) is 10.0 Å². The zero-order chi connectivity index (χ0) is 26.3. The molecule has 5 aliphatic rings. The first-order valence-electron chi connectivity index (χ1n) is 15.6. The number of rotatable bonds is 6. The number of aliphatic hydroxyl groups excluding tert-OH is 1. The van der Waals surface area contributed by atoms with E-state index in [1.807, 2.05) is 9.31 Å². The number of hydrogen-bond acceptors (Lipinski definition) is 6. The standard InChI is InChI=1S/C29H54N4O3S/c1-20(2)33-28(14-15-30-33)37(35,36)31-16-5-6-17-32-26(18-31)29(27(32)19-34)24-12-10-23(11-13-24)25-9-7-8-21(3)22(25)4/h20-30,34H,5-19H2,1-4H3/t21?,22?,23?,24?,25?,26?,27-,28?,29+/m1/s1. The quantitative estimate of drug-likeness (QED) is 0.534. The van der Waals surface area contributed by atoms with Gasteiger partial charge in [0.1, 0.15) is 5.37 Å². The van der Waals surface area contributed by atoms with Crippen molar-refractivity contribution in [2.75, 3.05) is 32.8 Å². The van der Waals surface area contributed by atoms with Gasteiger partial charge in [0.2, 0.25) is 10.0 Å². The van der Waals surface area contributed by atoms with Gasteiger partial charge < -0.3 is 5.11 Å². The Hall–Kier alpha value is -0.250. The van der Waals surface area contributed by atoms with E-state index in [9.17, 15) is 13.5 Å². The van der Waals surface area contributed by atoms with Gasteiger partial charge in [0, 0.05) is 37.8 Å². The van der Waals surface area contributed by atoms with Crippen molar-refractivity contribution in [2.45, 2.75) is 115 Å². The largest absolute Gasteiger partial charge is 0.395 e. The molecule has 0 amide bonds. The zero-order valence-corrected chi connectivity index (χ0v) is 24.7. The van der Waals surface area contributed by atoms with Crippen LogP contribution in [0.5, 0.6) is 0 Å². The summed E-state index contributed by atoms with van der Waals surface area (Å²) >= 11 is 0. The maximum Gasteiger partial charge on any atom is 0.231 e. The summed E-state index contributed by atoms with van der Waals surface area (Å²) in [7, 11) is -3.42. The van der Waals surface area contributed by atoms with Gasteiger partial charge in [-0.1, -0.05) is 26.7 Å². The first kappa shape index (κ1) is 28.3. The Morgan fingerprint density at radius 1 is 0.919 bits per heavy atom. The van der Waals surface area contributed by atoms with Crippen LogP contribution >= 0.6 is 0 Å². The molecule has 3 heterocycles. The number of nitrogens with zero attached hydrogens (tertiary/aromatic N) is 3. The van der Waals surface area contributed by atoms with Crippen LogP contribution in [0.2, 0.25) is 0 Å². The molecular weight excluding hydrogens is 484 g/mol. The number of fused-ring (bicyclic) bond motifs is 1. The van der Waals surface area contributed by atoms with Crippen LogP contribution in [0.1, 0.15) is 91.9 Å². The van der Waals surface area contributed by atoms with E-state index in [4.69, 9.17) is 0 Å². The number of sulfonamides is 1. The van der Waals surface area contributed by atoms with Gasteiger partial charge in [-0.05, 0) is 107 Å². The van der Waals surface area contributed by atoms with Gasteiger partial charge in [0.25, 0.3) is 0 Å².